The van der Waals surface area contributed by atoms with Crippen molar-refractivity contribution < 1.29 is 22.4 Å². The number of nitrogens with one attached hydrogen (secondary N) is 1. The van der Waals surface area contributed by atoms with E-state index in [1.165, 1.54) is 12.1 Å². The predicted octanol–water partition coefficient (Wildman–Crippen LogP) is 3.59. The molecule has 6 heteroatoms. The maximum Gasteiger partial charge on any atom is 0.471 e. The third-order valence-corrected chi connectivity index (χ3v) is 2.60. The number of benzene rings is 1. The van der Waals surface area contributed by atoms with E-state index in [-0.39, 0.29) is 0 Å². The van der Waals surface area contributed by atoms with Crippen LogP contribution >= 0.6 is 0 Å². The summed E-state index contributed by atoms with van der Waals surface area (Å²) >= 11 is 0. The summed E-state index contributed by atoms with van der Waals surface area (Å²) in [7, 11) is 0. The van der Waals surface area contributed by atoms with Gasteiger partial charge >= 0.3 is 12.1 Å². The van der Waals surface area contributed by atoms with Crippen LogP contribution in [0.25, 0.3) is 0 Å². The van der Waals surface area contributed by atoms with Crippen LogP contribution in [0.2, 0.25) is 0 Å². The van der Waals surface area contributed by atoms with Gasteiger partial charge in [-0.1, -0.05) is 32.9 Å². The SMILES string of the molecule is CC(C)(C)C(NC(=O)C(F)(F)F)c1ccc(F)cc1. The molecule has 1 atom stereocenters. The molecule has 0 aliphatic rings. The van der Waals surface area contributed by atoms with E-state index < -0.39 is 29.4 Å². The molecule has 0 aromatic heterocycles. The van der Waals surface area contributed by atoms with Crippen LogP contribution in [0, 0.1) is 11.2 Å². The zero-order valence-electron chi connectivity index (χ0n) is 10.8. The molecule has 1 N–H and O–H groups in total. The molecule has 1 unspecified atom stereocenters. The summed E-state index contributed by atoms with van der Waals surface area (Å²) in [6, 6.07) is 4.16. The second kappa shape index (κ2) is 5.19. The average Bonchev–Trinajstić information content (AvgIpc) is 2.24. The topological polar surface area (TPSA) is 29.1 Å². The van der Waals surface area contributed by atoms with E-state index in [9.17, 15) is 22.4 Å². The summed E-state index contributed by atoms with van der Waals surface area (Å²) < 4.78 is 49.7. The Morgan fingerprint density at radius 1 is 1.11 bits per heavy atom. The number of hydrogen-bond acceptors (Lipinski definition) is 1. The first-order valence-electron chi connectivity index (χ1n) is 5.65. The molecular weight excluding hydrogens is 262 g/mol. The van der Waals surface area contributed by atoms with E-state index in [2.05, 4.69) is 0 Å². The molecule has 0 fully saturated rings. The Labute approximate surface area is 108 Å². The Hall–Kier alpha value is -1.59. The van der Waals surface area contributed by atoms with Crippen molar-refractivity contribution in [1.29, 1.82) is 0 Å². The summed E-state index contributed by atoms with van der Waals surface area (Å²) in [6.45, 7) is 5.08. The molecule has 1 aromatic carbocycles. The first kappa shape index (κ1) is 15.5. The van der Waals surface area contributed by atoms with Gasteiger partial charge in [-0.15, -0.1) is 0 Å². The molecule has 0 spiro atoms. The van der Waals surface area contributed by atoms with Gasteiger partial charge in [-0.2, -0.15) is 13.2 Å². The number of carbonyl (C=O) groups excluding carboxylic acids is 1. The highest BCUT2D eigenvalue weighted by molar-refractivity contribution is 5.82. The van der Waals surface area contributed by atoms with Gasteiger partial charge in [0, 0.05) is 0 Å². The van der Waals surface area contributed by atoms with Crippen molar-refractivity contribution in [2.24, 2.45) is 5.41 Å². The van der Waals surface area contributed by atoms with Crippen LogP contribution in [-0.4, -0.2) is 12.1 Å². The standard InChI is InChI=1S/C13H15F4NO/c1-12(2,3)10(18-11(19)13(15,16)17)8-4-6-9(14)7-5-8/h4-7,10H,1-3H3,(H,18,19). The van der Waals surface area contributed by atoms with Crippen LogP contribution in [-0.2, 0) is 4.79 Å². The Morgan fingerprint density at radius 2 is 1.58 bits per heavy atom. The van der Waals surface area contributed by atoms with E-state index in [0.717, 1.165) is 12.1 Å². The van der Waals surface area contributed by atoms with Gasteiger partial charge < -0.3 is 5.32 Å². The highest BCUT2D eigenvalue weighted by Crippen LogP contribution is 2.33. The first-order valence-corrected chi connectivity index (χ1v) is 5.65. The minimum atomic E-state index is -4.94. The van der Waals surface area contributed by atoms with Gasteiger partial charge in [0.1, 0.15) is 5.82 Å². The number of halogens is 4. The summed E-state index contributed by atoms with van der Waals surface area (Å²) in [4.78, 5) is 11.1. The molecule has 1 rings (SSSR count). The summed E-state index contributed by atoms with van der Waals surface area (Å²) in [5.41, 5.74) is -0.217. The molecule has 0 saturated carbocycles. The van der Waals surface area contributed by atoms with Crippen molar-refractivity contribution in [3.8, 4) is 0 Å². The lowest BCUT2D eigenvalue weighted by Crippen LogP contribution is -2.43. The van der Waals surface area contributed by atoms with E-state index >= 15 is 0 Å². The maximum absolute atomic E-state index is 12.8. The minimum absolute atomic E-state index is 0.423. The van der Waals surface area contributed by atoms with Crippen molar-refractivity contribution in [2.75, 3.05) is 0 Å². The fourth-order valence-corrected chi connectivity index (χ4v) is 1.67. The molecule has 2 nitrogen and oxygen atoms in total. The molecule has 0 aliphatic carbocycles. The van der Waals surface area contributed by atoms with Gasteiger partial charge in [0.25, 0.3) is 0 Å². The summed E-state index contributed by atoms with van der Waals surface area (Å²) in [5, 5.41) is 1.95. The first-order chi connectivity index (χ1) is 8.51. The van der Waals surface area contributed by atoms with E-state index in [0.29, 0.717) is 5.56 Å². The third kappa shape index (κ3) is 4.22. The smallest absolute Gasteiger partial charge is 0.341 e. The molecule has 106 valence electrons. The molecule has 0 bridgehead atoms. The van der Waals surface area contributed by atoms with Crippen LogP contribution in [0.5, 0.6) is 0 Å². The van der Waals surface area contributed by atoms with Crippen LogP contribution < -0.4 is 5.32 Å². The molecular formula is C13H15F4NO. The molecule has 1 amide bonds. The normalized spacial score (nSPS) is 14.1. The maximum atomic E-state index is 12.8. The number of alkyl halides is 3. The predicted molar refractivity (Wildman–Crippen MR) is 62.8 cm³/mol. The van der Waals surface area contributed by atoms with Crippen molar-refractivity contribution in [3.63, 3.8) is 0 Å². The van der Waals surface area contributed by atoms with Crippen molar-refractivity contribution in [2.45, 2.75) is 33.0 Å². The number of hydrogen-bond donors (Lipinski definition) is 1. The lowest BCUT2D eigenvalue weighted by Gasteiger charge is -2.32. The Balaban J connectivity index is 3.04. The van der Waals surface area contributed by atoms with Gasteiger partial charge in [-0.3, -0.25) is 4.79 Å². The van der Waals surface area contributed by atoms with Gasteiger partial charge in [0.2, 0.25) is 0 Å². The van der Waals surface area contributed by atoms with E-state index in [1.807, 2.05) is 5.32 Å². The van der Waals surface area contributed by atoms with Gasteiger partial charge in [0.15, 0.2) is 0 Å². The number of carbonyl (C=O) groups is 1. The fraction of sp³-hybridized carbons (Fsp3) is 0.462. The molecule has 1 aromatic rings. The van der Waals surface area contributed by atoms with Crippen LogP contribution in [0.4, 0.5) is 17.6 Å². The Bertz CT molecular complexity index is 445. The lowest BCUT2D eigenvalue weighted by molar-refractivity contribution is -0.175. The van der Waals surface area contributed by atoms with Crippen molar-refractivity contribution >= 4 is 5.91 Å². The zero-order chi connectivity index (χ0) is 14.8. The number of amides is 1. The molecule has 0 radical (unpaired) electrons. The average molecular weight is 277 g/mol. The van der Waals surface area contributed by atoms with Crippen LogP contribution in [0.1, 0.15) is 32.4 Å². The van der Waals surface area contributed by atoms with E-state index in [4.69, 9.17) is 0 Å². The number of rotatable bonds is 2. The molecule has 19 heavy (non-hydrogen) atoms. The lowest BCUT2D eigenvalue weighted by atomic mass is 9.82. The Kier molecular flexibility index (Phi) is 4.22. The van der Waals surface area contributed by atoms with Crippen molar-refractivity contribution in [3.05, 3.63) is 35.6 Å². The molecule has 0 aliphatic heterocycles. The zero-order valence-corrected chi connectivity index (χ0v) is 10.8. The second-order valence-corrected chi connectivity index (χ2v) is 5.32. The summed E-state index contributed by atoms with van der Waals surface area (Å²) in [6.07, 6.45) is -4.94. The highest BCUT2D eigenvalue weighted by atomic mass is 19.4. The fourth-order valence-electron chi connectivity index (χ4n) is 1.67. The monoisotopic (exact) mass is 277 g/mol. The van der Waals surface area contributed by atoms with Crippen LogP contribution in [0.3, 0.4) is 0 Å². The quantitative estimate of drug-likeness (QED) is 0.822. The van der Waals surface area contributed by atoms with Gasteiger partial charge in [0.05, 0.1) is 6.04 Å². The highest BCUT2D eigenvalue weighted by Gasteiger charge is 2.41. The van der Waals surface area contributed by atoms with E-state index in [1.54, 1.807) is 20.8 Å². The van der Waals surface area contributed by atoms with Crippen molar-refractivity contribution in [1.82, 2.24) is 5.32 Å². The van der Waals surface area contributed by atoms with Gasteiger partial charge in [-0.05, 0) is 23.1 Å². The Morgan fingerprint density at radius 3 is 1.95 bits per heavy atom. The largest absolute Gasteiger partial charge is 0.471 e. The third-order valence-electron chi connectivity index (χ3n) is 2.60. The second-order valence-electron chi connectivity index (χ2n) is 5.32. The minimum Gasteiger partial charge on any atom is -0.341 e. The summed E-state index contributed by atoms with van der Waals surface area (Å²) in [5.74, 6) is -2.49. The molecule has 0 heterocycles. The van der Waals surface area contributed by atoms with Crippen LogP contribution in [0.15, 0.2) is 24.3 Å². The van der Waals surface area contributed by atoms with Gasteiger partial charge in [-0.25, -0.2) is 4.39 Å². The molecule has 0 saturated heterocycles.